The van der Waals surface area contributed by atoms with Gasteiger partial charge in [-0.25, -0.2) is 4.39 Å². The fraction of sp³-hybridized carbons (Fsp3) is 0.458. The van der Waals surface area contributed by atoms with Gasteiger partial charge in [0.15, 0.2) is 11.5 Å². The van der Waals surface area contributed by atoms with Crippen LogP contribution in [0, 0.1) is 12.7 Å². The fourth-order valence-corrected chi connectivity index (χ4v) is 4.56. The van der Waals surface area contributed by atoms with Gasteiger partial charge in [-0.3, -0.25) is 14.8 Å². The van der Waals surface area contributed by atoms with E-state index in [9.17, 15) is 9.18 Å². The average molecular weight is 490 g/mol. The van der Waals surface area contributed by atoms with Crippen molar-refractivity contribution in [2.75, 3.05) is 32.8 Å². The standard InChI is InChI=1S/C24H28FN5O3.ClH/c1-16-10-23(31)30(20-11-17(25)13-28-24(16)20)7-6-29-4-2-18(3-5-29)26-14-19-12-21-22(15-27-19)33-9-8-32-21;/h10-13,15,18,26H,2-9,14H2,1H3;1H. The number of fused-ring (bicyclic) bond motifs is 2. The van der Waals surface area contributed by atoms with Gasteiger partial charge in [-0.05, 0) is 38.4 Å². The van der Waals surface area contributed by atoms with E-state index in [1.54, 1.807) is 16.8 Å². The summed E-state index contributed by atoms with van der Waals surface area (Å²) in [4.78, 5) is 23.6. The maximum atomic E-state index is 13.8. The average Bonchev–Trinajstić information content (AvgIpc) is 2.83. The number of hydrogen-bond acceptors (Lipinski definition) is 7. The summed E-state index contributed by atoms with van der Waals surface area (Å²) in [5, 5.41) is 3.59. The van der Waals surface area contributed by atoms with Crippen molar-refractivity contribution in [3.63, 3.8) is 0 Å². The highest BCUT2D eigenvalue weighted by Gasteiger charge is 2.20. The molecule has 0 radical (unpaired) electrons. The lowest BCUT2D eigenvalue weighted by atomic mass is 10.0. The number of aryl methyl sites for hydroxylation is 1. The second-order valence-corrected chi connectivity index (χ2v) is 8.65. The smallest absolute Gasteiger partial charge is 0.251 e. The first kappa shape index (κ1) is 24.4. The molecule has 34 heavy (non-hydrogen) atoms. The first-order chi connectivity index (χ1) is 16.1. The quantitative estimate of drug-likeness (QED) is 0.570. The molecule has 2 aliphatic rings. The van der Waals surface area contributed by atoms with Gasteiger partial charge in [0, 0.05) is 43.9 Å². The molecule has 1 saturated heterocycles. The van der Waals surface area contributed by atoms with Crippen LogP contribution in [0.4, 0.5) is 4.39 Å². The Hall–Kier alpha value is -2.75. The van der Waals surface area contributed by atoms with E-state index in [1.165, 1.54) is 12.3 Å². The van der Waals surface area contributed by atoms with Crippen molar-refractivity contribution < 1.29 is 13.9 Å². The number of nitrogens with zero attached hydrogens (tertiary/aromatic N) is 4. The van der Waals surface area contributed by atoms with Gasteiger partial charge in [-0.15, -0.1) is 12.4 Å². The molecule has 1 fully saturated rings. The number of nitrogens with one attached hydrogen (secondary N) is 1. The molecule has 8 nitrogen and oxygen atoms in total. The van der Waals surface area contributed by atoms with Crippen molar-refractivity contribution in [3.8, 4) is 11.5 Å². The van der Waals surface area contributed by atoms with Crippen LogP contribution in [0.1, 0.15) is 24.1 Å². The van der Waals surface area contributed by atoms with E-state index in [4.69, 9.17) is 9.47 Å². The Labute approximate surface area is 203 Å². The summed E-state index contributed by atoms with van der Waals surface area (Å²) < 4.78 is 26.6. The molecule has 0 atom stereocenters. The number of piperidine rings is 1. The summed E-state index contributed by atoms with van der Waals surface area (Å²) in [5.41, 5.74) is 2.82. The summed E-state index contributed by atoms with van der Waals surface area (Å²) >= 11 is 0. The second kappa shape index (κ2) is 10.7. The maximum Gasteiger partial charge on any atom is 0.251 e. The van der Waals surface area contributed by atoms with E-state index < -0.39 is 5.82 Å². The van der Waals surface area contributed by atoms with E-state index in [2.05, 4.69) is 20.2 Å². The van der Waals surface area contributed by atoms with Crippen molar-refractivity contribution >= 4 is 23.4 Å². The summed E-state index contributed by atoms with van der Waals surface area (Å²) in [6, 6.07) is 5.34. The van der Waals surface area contributed by atoms with Gasteiger partial charge >= 0.3 is 0 Å². The lowest BCUT2D eigenvalue weighted by molar-refractivity contribution is 0.170. The highest BCUT2D eigenvalue weighted by molar-refractivity contribution is 5.85. The third kappa shape index (κ3) is 5.32. The molecule has 2 aliphatic heterocycles. The van der Waals surface area contributed by atoms with Gasteiger partial charge in [-0.1, -0.05) is 0 Å². The molecular weight excluding hydrogens is 461 g/mol. The first-order valence-corrected chi connectivity index (χ1v) is 11.4. The van der Waals surface area contributed by atoms with Crippen LogP contribution in [-0.2, 0) is 13.1 Å². The Balaban J connectivity index is 0.00000274. The molecule has 0 unspecified atom stereocenters. The zero-order chi connectivity index (χ0) is 22.8. The Bertz CT molecular complexity index is 1210. The largest absolute Gasteiger partial charge is 0.486 e. The van der Waals surface area contributed by atoms with Crippen molar-refractivity contribution in [1.82, 2.24) is 24.8 Å². The maximum absolute atomic E-state index is 13.8. The molecule has 182 valence electrons. The topological polar surface area (TPSA) is 81.5 Å². The molecule has 5 heterocycles. The highest BCUT2D eigenvalue weighted by atomic mass is 35.5. The van der Waals surface area contributed by atoms with Crippen LogP contribution in [0.5, 0.6) is 11.5 Å². The van der Waals surface area contributed by atoms with Crippen LogP contribution >= 0.6 is 12.4 Å². The molecule has 0 amide bonds. The van der Waals surface area contributed by atoms with E-state index in [1.807, 2.05) is 13.0 Å². The number of pyridine rings is 3. The van der Waals surface area contributed by atoms with Crippen molar-refractivity contribution in [3.05, 3.63) is 58.0 Å². The van der Waals surface area contributed by atoms with Gasteiger partial charge in [0.1, 0.15) is 19.0 Å². The van der Waals surface area contributed by atoms with E-state index in [0.29, 0.717) is 49.1 Å². The normalized spacial score (nSPS) is 16.4. The van der Waals surface area contributed by atoms with Crippen molar-refractivity contribution in [2.45, 2.75) is 38.9 Å². The minimum atomic E-state index is -0.430. The van der Waals surface area contributed by atoms with Crippen LogP contribution in [0.2, 0.25) is 0 Å². The zero-order valence-electron chi connectivity index (χ0n) is 19.1. The zero-order valence-corrected chi connectivity index (χ0v) is 19.9. The fourth-order valence-electron chi connectivity index (χ4n) is 4.56. The molecule has 10 heteroatoms. The lowest BCUT2D eigenvalue weighted by Crippen LogP contribution is -2.43. The second-order valence-electron chi connectivity index (χ2n) is 8.65. The number of ether oxygens (including phenoxy) is 2. The number of rotatable bonds is 6. The van der Waals surface area contributed by atoms with E-state index in [0.717, 1.165) is 49.5 Å². The molecule has 3 aromatic rings. The number of halogens is 2. The predicted octanol–water partition coefficient (Wildman–Crippen LogP) is 2.69. The molecule has 0 aliphatic carbocycles. The van der Waals surface area contributed by atoms with Gasteiger partial charge < -0.3 is 24.3 Å². The Morgan fingerprint density at radius 1 is 1.06 bits per heavy atom. The SMILES string of the molecule is Cc1cc(=O)n(CCN2CCC(NCc3cc4c(cn3)OCCO4)CC2)c2cc(F)cnc12.Cl. The molecule has 0 spiro atoms. The van der Waals surface area contributed by atoms with Gasteiger partial charge in [0.2, 0.25) is 0 Å². The Morgan fingerprint density at radius 3 is 2.62 bits per heavy atom. The molecule has 1 N–H and O–H groups in total. The molecular formula is C24H29ClFN5O3. The number of aromatic nitrogens is 3. The van der Waals surface area contributed by atoms with Crippen molar-refractivity contribution in [2.24, 2.45) is 0 Å². The first-order valence-electron chi connectivity index (χ1n) is 11.4. The molecule has 0 saturated carbocycles. The van der Waals surface area contributed by atoms with E-state index in [-0.39, 0.29) is 18.0 Å². The Kier molecular flexibility index (Phi) is 7.65. The Morgan fingerprint density at radius 2 is 1.82 bits per heavy atom. The molecule has 0 aromatic carbocycles. The van der Waals surface area contributed by atoms with Crippen LogP contribution in [0.25, 0.3) is 11.0 Å². The van der Waals surface area contributed by atoms with E-state index >= 15 is 0 Å². The number of likely N-dealkylation sites (tertiary alicyclic amines) is 1. The summed E-state index contributed by atoms with van der Waals surface area (Å²) in [6.45, 7) is 6.79. The van der Waals surface area contributed by atoms with Crippen LogP contribution < -0.4 is 20.3 Å². The van der Waals surface area contributed by atoms with Gasteiger partial charge in [-0.2, -0.15) is 0 Å². The summed E-state index contributed by atoms with van der Waals surface area (Å²) in [7, 11) is 0. The van der Waals surface area contributed by atoms with Gasteiger partial charge in [0.05, 0.1) is 29.1 Å². The third-order valence-corrected chi connectivity index (χ3v) is 6.39. The minimum Gasteiger partial charge on any atom is -0.486 e. The van der Waals surface area contributed by atoms with Crippen LogP contribution in [-0.4, -0.2) is 58.3 Å². The lowest BCUT2D eigenvalue weighted by Gasteiger charge is -2.32. The summed E-state index contributed by atoms with van der Waals surface area (Å²) in [6.07, 6.45) is 4.96. The summed E-state index contributed by atoms with van der Waals surface area (Å²) in [5.74, 6) is 1.04. The van der Waals surface area contributed by atoms with Crippen LogP contribution in [0.3, 0.4) is 0 Å². The number of hydrogen-bond donors (Lipinski definition) is 1. The van der Waals surface area contributed by atoms with Crippen LogP contribution in [0.15, 0.2) is 35.4 Å². The molecule has 0 bridgehead atoms. The minimum absolute atomic E-state index is 0. The molecule has 5 rings (SSSR count). The predicted molar refractivity (Wildman–Crippen MR) is 129 cm³/mol. The monoisotopic (exact) mass is 489 g/mol. The van der Waals surface area contributed by atoms with Gasteiger partial charge in [0.25, 0.3) is 5.56 Å². The third-order valence-electron chi connectivity index (χ3n) is 6.39. The highest BCUT2D eigenvalue weighted by Crippen LogP contribution is 2.29. The van der Waals surface area contributed by atoms with Crippen molar-refractivity contribution in [1.29, 1.82) is 0 Å². The molecule has 3 aromatic heterocycles.